The zero-order valence-electron chi connectivity index (χ0n) is 23.1. The second kappa shape index (κ2) is 15.9. The number of nitrogens with one attached hydrogen (secondary N) is 2. The van der Waals surface area contributed by atoms with Crippen LogP contribution in [0.4, 0.5) is 11.6 Å². The highest BCUT2D eigenvalue weighted by Crippen LogP contribution is 2.25. The van der Waals surface area contributed by atoms with Crippen molar-refractivity contribution in [3.05, 3.63) is 64.3 Å². The van der Waals surface area contributed by atoms with Crippen LogP contribution in [0.3, 0.4) is 0 Å². The second-order valence-corrected chi connectivity index (χ2v) is 8.68. The van der Waals surface area contributed by atoms with Gasteiger partial charge in [-0.3, -0.25) is 4.79 Å². The lowest BCUT2D eigenvalue weighted by Gasteiger charge is -2.25. The average Bonchev–Trinajstić information content (AvgIpc) is 2.81. The van der Waals surface area contributed by atoms with Crippen LogP contribution in [0, 0.1) is 0 Å². The molecule has 0 aliphatic rings. The maximum absolute atomic E-state index is 13.0. The van der Waals surface area contributed by atoms with Gasteiger partial charge in [-0.15, -0.1) is 0 Å². The summed E-state index contributed by atoms with van der Waals surface area (Å²) in [6.07, 6.45) is 6.87. The monoisotopic (exact) mass is 486 g/mol. The van der Waals surface area contributed by atoms with Gasteiger partial charge in [-0.05, 0) is 63.8 Å². The molecule has 0 amide bonds. The number of aliphatic hydroxyl groups is 2. The summed E-state index contributed by atoms with van der Waals surface area (Å²) in [6, 6.07) is 3.60. The van der Waals surface area contributed by atoms with Gasteiger partial charge in [0.25, 0.3) is 5.56 Å². The van der Waals surface area contributed by atoms with E-state index < -0.39 is 5.54 Å². The van der Waals surface area contributed by atoms with E-state index in [1.54, 1.807) is 12.3 Å². The highest BCUT2D eigenvalue weighted by atomic mass is 16.3. The number of aromatic nitrogens is 2. The number of rotatable bonds is 9. The second-order valence-electron chi connectivity index (χ2n) is 8.68. The lowest BCUT2D eigenvalue weighted by atomic mass is 10.1. The Kier molecular flexibility index (Phi) is 14.6. The largest absolute Gasteiger partial charge is 0.395 e. The molecule has 0 unspecified atom stereocenters. The van der Waals surface area contributed by atoms with E-state index >= 15 is 0 Å². The fraction of sp³-hybridized carbons (Fsp3) is 0.500. The van der Waals surface area contributed by atoms with Gasteiger partial charge in [0, 0.05) is 18.4 Å². The van der Waals surface area contributed by atoms with Gasteiger partial charge >= 0.3 is 0 Å². The van der Waals surface area contributed by atoms with Crippen LogP contribution in [0.2, 0.25) is 0 Å². The lowest BCUT2D eigenvalue weighted by Crippen LogP contribution is -2.36. The zero-order valence-corrected chi connectivity index (χ0v) is 23.1. The maximum Gasteiger partial charge on any atom is 0.262 e. The molecule has 4 N–H and O–H groups in total. The molecule has 0 aliphatic heterocycles. The Morgan fingerprint density at radius 1 is 1.20 bits per heavy atom. The molecule has 7 heteroatoms. The molecular weight excluding hydrogens is 440 g/mol. The standard InChI is InChI=1S/C23H32N4O3.C3H8.C2H6/c1-7-15(2)16(3)12-17(4)24-19-13-18-8-9-27(10-11-28)22(30)20(18)21(25-19)26-23(5,6)14-29;1-3-2;1-2/h7-9,12-13,28-29H,4,10-11,14H2,1-3,5-6H3,(H2,24,25,26);3H2,1-2H3;1-2H3/b15-7-,16-12-;;. The predicted octanol–water partition coefficient (Wildman–Crippen LogP) is 5.85. The first-order valence-electron chi connectivity index (χ1n) is 12.3. The first-order valence-corrected chi connectivity index (χ1v) is 12.3. The number of aliphatic hydroxyl groups excluding tert-OH is 2. The number of hydrogen-bond donors (Lipinski definition) is 4. The Labute approximate surface area is 211 Å². The van der Waals surface area contributed by atoms with Crippen LogP contribution in [-0.2, 0) is 6.54 Å². The van der Waals surface area contributed by atoms with E-state index in [1.807, 2.05) is 66.7 Å². The first-order chi connectivity index (χ1) is 16.5. The minimum atomic E-state index is -0.681. The van der Waals surface area contributed by atoms with Gasteiger partial charge in [0.1, 0.15) is 11.6 Å². The van der Waals surface area contributed by atoms with E-state index in [9.17, 15) is 15.0 Å². The van der Waals surface area contributed by atoms with Crippen molar-refractivity contribution in [3.8, 4) is 0 Å². The molecule has 196 valence electrons. The van der Waals surface area contributed by atoms with Crippen molar-refractivity contribution >= 4 is 22.4 Å². The Balaban J connectivity index is 0.00000214. The number of hydrogen-bond acceptors (Lipinski definition) is 6. The van der Waals surface area contributed by atoms with Crippen LogP contribution < -0.4 is 16.2 Å². The van der Waals surface area contributed by atoms with E-state index in [0.29, 0.717) is 28.1 Å². The van der Waals surface area contributed by atoms with E-state index in [-0.39, 0.29) is 25.3 Å². The minimum absolute atomic E-state index is 0.136. The summed E-state index contributed by atoms with van der Waals surface area (Å²) in [4.78, 5) is 17.6. The van der Waals surface area contributed by atoms with Gasteiger partial charge in [-0.25, -0.2) is 4.98 Å². The van der Waals surface area contributed by atoms with Crippen LogP contribution in [0.15, 0.2) is 58.7 Å². The first kappa shape index (κ1) is 32.1. The summed E-state index contributed by atoms with van der Waals surface area (Å²) in [7, 11) is 0. The van der Waals surface area contributed by atoms with E-state index in [0.717, 1.165) is 11.1 Å². The predicted molar refractivity (Wildman–Crippen MR) is 151 cm³/mol. The molecule has 0 radical (unpaired) electrons. The molecule has 0 aromatic carbocycles. The summed E-state index contributed by atoms with van der Waals surface area (Å²) >= 11 is 0. The quantitative estimate of drug-likeness (QED) is 0.332. The Hall–Kier alpha value is -2.90. The van der Waals surface area contributed by atoms with Gasteiger partial charge < -0.3 is 25.4 Å². The normalized spacial score (nSPS) is 11.7. The molecule has 0 saturated carbocycles. The molecule has 35 heavy (non-hydrogen) atoms. The van der Waals surface area contributed by atoms with Crippen LogP contribution in [0.1, 0.15) is 68.7 Å². The third kappa shape index (κ3) is 10.1. The van der Waals surface area contributed by atoms with Crippen molar-refractivity contribution in [2.45, 2.75) is 80.8 Å². The summed E-state index contributed by atoms with van der Waals surface area (Å²) < 4.78 is 1.44. The lowest BCUT2D eigenvalue weighted by molar-refractivity contribution is 0.234. The number of nitrogens with zero attached hydrogens (tertiary/aromatic N) is 2. The molecule has 0 bridgehead atoms. The maximum atomic E-state index is 13.0. The topological polar surface area (TPSA) is 99.4 Å². The van der Waals surface area contributed by atoms with Crippen LogP contribution in [0.5, 0.6) is 0 Å². The van der Waals surface area contributed by atoms with Crippen molar-refractivity contribution in [1.82, 2.24) is 9.55 Å². The van der Waals surface area contributed by atoms with Crippen LogP contribution >= 0.6 is 0 Å². The average molecular weight is 487 g/mol. The number of pyridine rings is 2. The van der Waals surface area contributed by atoms with Crippen molar-refractivity contribution in [2.75, 3.05) is 23.8 Å². The van der Waals surface area contributed by atoms with Crippen molar-refractivity contribution in [2.24, 2.45) is 0 Å². The van der Waals surface area contributed by atoms with Gasteiger partial charge in [0.15, 0.2) is 0 Å². The molecule has 0 atom stereocenters. The van der Waals surface area contributed by atoms with Crippen molar-refractivity contribution < 1.29 is 10.2 Å². The van der Waals surface area contributed by atoms with Gasteiger partial charge in [0.05, 0.1) is 24.1 Å². The van der Waals surface area contributed by atoms with Crippen LogP contribution in [0.25, 0.3) is 10.8 Å². The Morgan fingerprint density at radius 3 is 2.31 bits per heavy atom. The van der Waals surface area contributed by atoms with E-state index in [4.69, 9.17) is 0 Å². The van der Waals surface area contributed by atoms with Gasteiger partial charge in [0.2, 0.25) is 0 Å². The molecule has 0 saturated heterocycles. The van der Waals surface area contributed by atoms with E-state index in [2.05, 4.69) is 36.0 Å². The highest BCUT2D eigenvalue weighted by molar-refractivity contribution is 5.93. The molecule has 7 nitrogen and oxygen atoms in total. The fourth-order valence-electron chi connectivity index (χ4n) is 2.90. The Morgan fingerprint density at radius 2 is 1.80 bits per heavy atom. The summed E-state index contributed by atoms with van der Waals surface area (Å²) in [5.41, 5.74) is 1.97. The molecule has 0 aliphatic carbocycles. The highest BCUT2D eigenvalue weighted by Gasteiger charge is 2.20. The van der Waals surface area contributed by atoms with Gasteiger partial charge in [-0.1, -0.05) is 52.3 Å². The summed E-state index contributed by atoms with van der Waals surface area (Å²) in [6.45, 7) is 21.9. The summed E-state index contributed by atoms with van der Waals surface area (Å²) in [5.74, 6) is 0.898. The number of anilines is 2. The molecule has 0 fully saturated rings. The molecular formula is C28H46N4O3. The smallest absolute Gasteiger partial charge is 0.262 e. The van der Waals surface area contributed by atoms with Crippen molar-refractivity contribution in [1.29, 1.82) is 0 Å². The summed E-state index contributed by atoms with van der Waals surface area (Å²) in [5, 5.41) is 26.4. The fourth-order valence-corrected chi connectivity index (χ4v) is 2.90. The number of fused-ring (bicyclic) bond motifs is 1. The minimum Gasteiger partial charge on any atom is -0.395 e. The Bertz CT molecular complexity index is 1070. The van der Waals surface area contributed by atoms with Crippen molar-refractivity contribution in [3.63, 3.8) is 0 Å². The third-order valence-corrected chi connectivity index (χ3v) is 4.89. The zero-order chi connectivity index (χ0) is 27.2. The molecule has 2 aromatic rings. The molecule has 0 spiro atoms. The SMILES string of the molecule is C=C(/C=C(C)\C(C)=C/C)Nc1cc2ccn(CCO)c(=O)c2c(NC(C)(C)CO)n1.CC.CCC. The molecule has 2 heterocycles. The molecule has 2 rings (SSSR count). The third-order valence-electron chi connectivity index (χ3n) is 4.89. The van der Waals surface area contributed by atoms with E-state index in [1.165, 1.54) is 11.0 Å². The van der Waals surface area contributed by atoms with Gasteiger partial charge in [-0.2, -0.15) is 0 Å². The number of allylic oxidation sites excluding steroid dienone is 4. The van der Waals surface area contributed by atoms with Crippen LogP contribution in [-0.4, -0.2) is 38.5 Å². The molecule has 2 aromatic heterocycles.